The van der Waals surface area contributed by atoms with Crippen LogP contribution in [0.1, 0.15) is 5.56 Å². The monoisotopic (exact) mass is 236 g/mol. The first-order valence-corrected chi connectivity index (χ1v) is 5.20. The molecule has 0 radical (unpaired) electrons. The van der Waals surface area contributed by atoms with Crippen molar-refractivity contribution in [3.63, 3.8) is 0 Å². The first kappa shape index (κ1) is 11.0. The molecule has 1 N–H and O–H groups in total. The third-order valence-corrected chi connectivity index (χ3v) is 2.54. The molecule has 0 aromatic heterocycles. The first-order chi connectivity index (χ1) is 7.56. The number of aromatic hydroxyl groups is 1. The highest BCUT2D eigenvalue weighted by molar-refractivity contribution is 6.30. The lowest BCUT2D eigenvalue weighted by Gasteiger charge is -2.06. The molecule has 16 heavy (non-hydrogen) atoms. The van der Waals surface area contributed by atoms with E-state index in [-0.39, 0.29) is 5.75 Å². The molecule has 1 nitrogen and oxygen atoms in total. The molecule has 0 spiro atoms. The van der Waals surface area contributed by atoms with Crippen molar-refractivity contribution >= 4 is 11.6 Å². The summed E-state index contributed by atoms with van der Waals surface area (Å²) in [6, 6.07) is 9.45. The molecule has 0 saturated heterocycles. The van der Waals surface area contributed by atoms with E-state index in [9.17, 15) is 9.50 Å². The molecule has 3 heteroatoms. The second-order valence-corrected chi connectivity index (χ2v) is 4.12. The molecular formula is C13H10ClFO. The zero-order valence-electron chi connectivity index (χ0n) is 8.67. The highest BCUT2D eigenvalue weighted by Crippen LogP contribution is 2.28. The van der Waals surface area contributed by atoms with Gasteiger partial charge in [-0.3, -0.25) is 0 Å². The Morgan fingerprint density at radius 3 is 2.50 bits per heavy atom. The smallest absolute Gasteiger partial charge is 0.132 e. The van der Waals surface area contributed by atoms with Crippen molar-refractivity contribution in [1.82, 2.24) is 0 Å². The third-order valence-electron chi connectivity index (χ3n) is 2.30. The Balaban J connectivity index is 2.58. The molecule has 0 aliphatic carbocycles. The van der Waals surface area contributed by atoms with Gasteiger partial charge in [-0.2, -0.15) is 0 Å². The van der Waals surface area contributed by atoms with E-state index >= 15 is 0 Å². The number of rotatable bonds is 1. The van der Waals surface area contributed by atoms with Gasteiger partial charge in [0.2, 0.25) is 0 Å². The minimum absolute atomic E-state index is 0.129. The Morgan fingerprint density at radius 2 is 1.88 bits per heavy atom. The maximum atomic E-state index is 13.6. The lowest BCUT2D eigenvalue weighted by atomic mass is 10.0. The number of halogens is 2. The van der Waals surface area contributed by atoms with Gasteiger partial charge in [0.15, 0.2) is 0 Å². The van der Waals surface area contributed by atoms with Crippen molar-refractivity contribution in [2.75, 3.05) is 0 Å². The molecule has 2 aromatic rings. The Bertz CT molecular complexity index is 517. The van der Waals surface area contributed by atoms with Gasteiger partial charge in [0.25, 0.3) is 0 Å². The lowest BCUT2D eigenvalue weighted by Crippen LogP contribution is -1.85. The van der Waals surface area contributed by atoms with Crippen LogP contribution in [0.4, 0.5) is 4.39 Å². The molecule has 0 bridgehead atoms. The molecule has 0 heterocycles. The van der Waals surface area contributed by atoms with Crippen LogP contribution in [0.5, 0.6) is 5.75 Å². The molecule has 0 aliphatic heterocycles. The van der Waals surface area contributed by atoms with Gasteiger partial charge in [-0.1, -0.05) is 17.7 Å². The summed E-state index contributed by atoms with van der Waals surface area (Å²) in [7, 11) is 0. The van der Waals surface area contributed by atoms with Crippen molar-refractivity contribution in [3.05, 3.63) is 52.8 Å². The maximum absolute atomic E-state index is 13.6. The minimum Gasteiger partial charge on any atom is -0.508 e. The van der Waals surface area contributed by atoms with Crippen LogP contribution in [0.25, 0.3) is 11.1 Å². The van der Waals surface area contributed by atoms with Crippen LogP contribution in [0.2, 0.25) is 5.02 Å². The highest BCUT2D eigenvalue weighted by atomic mass is 35.5. The lowest BCUT2D eigenvalue weighted by molar-refractivity contribution is 0.475. The summed E-state index contributed by atoms with van der Waals surface area (Å²) < 4.78 is 13.6. The van der Waals surface area contributed by atoms with E-state index in [0.717, 1.165) is 5.56 Å². The van der Waals surface area contributed by atoms with Gasteiger partial charge in [0.1, 0.15) is 11.6 Å². The fourth-order valence-electron chi connectivity index (χ4n) is 1.64. The predicted molar refractivity (Wildman–Crippen MR) is 63.2 cm³/mol. The average Bonchev–Trinajstić information content (AvgIpc) is 2.15. The van der Waals surface area contributed by atoms with Crippen molar-refractivity contribution in [2.24, 2.45) is 0 Å². The van der Waals surface area contributed by atoms with E-state index < -0.39 is 5.82 Å². The molecule has 0 unspecified atom stereocenters. The fraction of sp³-hybridized carbons (Fsp3) is 0.0769. The zero-order chi connectivity index (χ0) is 11.7. The predicted octanol–water partition coefficient (Wildman–Crippen LogP) is 4.16. The van der Waals surface area contributed by atoms with Crippen LogP contribution in [0, 0.1) is 12.7 Å². The van der Waals surface area contributed by atoms with E-state index in [1.165, 1.54) is 12.1 Å². The normalized spacial score (nSPS) is 10.4. The Labute approximate surface area is 98.1 Å². The van der Waals surface area contributed by atoms with Crippen LogP contribution in [-0.2, 0) is 0 Å². The molecule has 82 valence electrons. The van der Waals surface area contributed by atoms with Crippen LogP contribution in [0.15, 0.2) is 36.4 Å². The van der Waals surface area contributed by atoms with E-state index in [1.54, 1.807) is 18.2 Å². The van der Waals surface area contributed by atoms with Crippen molar-refractivity contribution in [1.29, 1.82) is 0 Å². The summed E-state index contributed by atoms with van der Waals surface area (Å²) in [4.78, 5) is 0. The number of hydrogen-bond acceptors (Lipinski definition) is 1. The highest BCUT2D eigenvalue weighted by Gasteiger charge is 2.07. The summed E-state index contributed by atoms with van der Waals surface area (Å²) in [6.07, 6.45) is 0. The van der Waals surface area contributed by atoms with Crippen LogP contribution >= 0.6 is 11.6 Å². The van der Waals surface area contributed by atoms with Gasteiger partial charge in [0, 0.05) is 10.6 Å². The van der Waals surface area contributed by atoms with Crippen LogP contribution in [-0.4, -0.2) is 5.11 Å². The number of aryl methyl sites for hydroxylation is 1. The molecule has 2 rings (SSSR count). The van der Waals surface area contributed by atoms with E-state index in [0.29, 0.717) is 16.1 Å². The molecular weight excluding hydrogens is 227 g/mol. The molecule has 0 atom stereocenters. The van der Waals surface area contributed by atoms with Gasteiger partial charge in [-0.15, -0.1) is 0 Å². The van der Waals surface area contributed by atoms with Gasteiger partial charge in [-0.25, -0.2) is 4.39 Å². The quantitative estimate of drug-likeness (QED) is 0.788. The fourth-order valence-corrected chi connectivity index (χ4v) is 1.80. The number of phenols is 1. The summed E-state index contributed by atoms with van der Waals surface area (Å²) in [6.45, 7) is 1.84. The second kappa shape index (κ2) is 4.14. The van der Waals surface area contributed by atoms with Crippen molar-refractivity contribution < 1.29 is 9.50 Å². The van der Waals surface area contributed by atoms with Gasteiger partial charge >= 0.3 is 0 Å². The summed E-state index contributed by atoms with van der Waals surface area (Å²) >= 11 is 5.68. The Hall–Kier alpha value is -1.54. The van der Waals surface area contributed by atoms with Gasteiger partial charge in [-0.05, 0) is 48.4 Å². The van der Waals surface area contributed by atoms with E-state index in [1.807, 2.05) is 13.0 Å². The standard InChI is InChI=1S/C13H10ClFO/c1-8-4-9(6-11(16)5-8)12-3-2-10(14)7-13(12)15/h2-7,16H,1H3. The summed E-state index contributed by atoms with van der Waals surface area (Å²) in [5, 5.41) is 9.81. The Kier molecular flexibility index (Phi) is 2.84. The van der Waals surface area contributed by atoms with Gasteiger partial charge in [0.05, 0.1) is 0 Å². The maximum Gasteiger partial charge on any atom is 0.132 e. The SMILES string of the molecule is Cc1cc(O)cc(-c2ccc(Cl)cc2F)c1. The Morgan fingerprint density at radius 1 is 1.12 bits per heavy atom. The molecule has 0 saturated carbocycles. The first-order valence-electron chi connectivity index (χ1n) is 4.82. The van der Waals surface area contributed by atoms with Crippen LogP contribution < -0.4 is 0 Å². The van der Waals surface area contributed by atoms with Gasteiger partial charge < -0.3 is 5.11 Å². The molecule has 2 aromatic carbocycles. The second-order valence-electron chi connectivity index (χ2n) is 3.68. The molecule has 0 aliphatic rings. The van der Waals surface area contributed by atoms with Crippen molar-refractivity contribution in [3.8, 4) is 16.9 Å². The topological polar surface area (TPSA) is 20.2 Å². The zero-order valence-corrected chi connectivity index (χ0v) is 9.42. The third kappa shape index (κ3) is 2.17. The number of hydrogen-bond donors (Lipinski definition) is 1. The largest absolute Gasteiger partial charge is 0.508 e. The molecule has 0 fully saturated rings. The van der Waals surface area contributed by atoms with E-state index in [2.05, 4.69) is 0 Å². The van der Waals surface area contributed by atoms with Crippen molar-refractivity contribution in [2.45, 2.75) is 6.92 Å². The number of phenolic OH excluding ortho intramolecular Hbond substituents is 1. The van der Waals surface area contributed by atoms with Crippen LogP contribution in [0.3, 0.4) is 0 Å². The minimum atomic E-state index is -0.391. The van der Waals surface area contributed by atoms with E-state index in [4.69, 9.17) is 11.6 Å². The number of benzene rings is 2. The summed E-state index contributed by atoms with van der Waals surface area (Å²) in [5.41, 5.74) is 1.96. The average molecular weight is 237 g/mol. The molecule has 0 amide bonds. The summed E-state index contributed by atoms with van der Waals surface area (Å²) in [5.74, 6) is -0.262.